The van der Waals surface area contributed by atoms with Gasteiger partial charge >= 0.3 is 0 Å². The molecule has 0 bridgehead atoms. The second kappa shape index (κ2) is 6.43. The highest BCUT2D eigenvalue weighted by molar-refractivity contribution is 5.78. The van der Waals surface area contributed by atoms with Crippen molar-refractivity contribution < 1.29 is 14.3 Å². The predicted molar refractivity (Wildman–Crippen MR) is 74.5 cm³/mol. The molecule has 0 radical (unpaired) electrons. The molecule has 0 spiro atoms. The molecule has 1 aromatic carbocycles. The first kappa shape index (κ1) is 15.3. The fraction of sp³-hybridized carbons (Fsp3) is 0.500. The molecule has 3 N–H and O–H groups in total. The number of ether oxygens (including phenoxy) is 2. The van der Waals surface area contributed by atoms with Crippen molar-refractivity contribution in [3.63, 3.8) is 0 Å². The van der Waals surface area contributed by atoms with Crippen molar-refractivity contribution in [3.05, 3.63) is 23.8 Å². The van der Waals surface area contributed by atoms with Gasteiger partial charge in [0.15, 0.2) is 11.5 Å². The van der Waals surface area contributed by atoms with Gasteiger partial charge in [0.2, 0.25) is 5.91 Å². The highest BCUT2D eigenvalue weighted by Gasteiger charge is 2.13. The highest BCUT2D eigenvalue weighted by Crippen LogP contribution is 2.27. The van der Waals surface area contributed by atoms with E-state index in [2.05, 4.69) is 5.32 Å². The maximum absolute atomic E-state index is 11.8. The summed E-state index contributed by atoms with van der Waals surface area (Å²) in [6, 6.07) is 5.43. The second-order valence-corrected chi connectivity index (χ2v) is 5.13. The average Bonchev–Trinajstić information content (AvgIpc) is 2.35. The van der Waals surface area contributed by atoms with Crippen LogP contribution in [0.3, 0.4) is 0 Å². The minimum atomic E-state index is -0.409. The lowest BCUT2D eigenvalue weighted by molar-refractivity contribution is -0.120. The fourth-order valence-corrected chi connectivity index (χ4v) is 1.56. The van der Waals surface area contributed by atoms with Crippen molar-refractivity contribution in [2.24, 2.45) is 5.73 Å². The number of amides is 1. The summed E-state index contributed by atoms with van der Waals surface area (Å²) in [6.07, 6.45) is 0.288. The van der Waals surface area contributed by atoms with Gasteiger partial charge in [-0.3, -0.25) is 4.79 Å². The van der Waals surface area contributed by atoms with Crippen LogP contribution in [-0.4, -0.2) is 32.2 Å². The molecular weight excluding hydrogens is 244 g/mol. The van der Waals surface area contributed by atoms with Gasteiger partial charge < -0.3 is 20.5 Å². The molecule has 0 saturated heterocycles. The molecule has 106 valence electrons. The third kappa shape index (κ3) is 5.18. The van der Waals surface area contributed by atoms with E-state index < -0.39 is 5.54 Å². The van der Waals surface area contributed by atoms with E-state index in [-0.39, 0.29) is 12.3 Å². The molecular formula is C14H22N2O3. The predicted octanol–water partition coefficient (Wildman–Crippen LogP) is 1.10. The zero-order chi connectivity index (χ0) is 14.5. The van der Waals surface area contributed by atoms with Crippen LogP contribution in [0.15, 0.2) is 18.2 Å². The monoisotopic (exact) mass is 266 g/mol. The van der Waals surface area contributed by atoms with Gasteiger partial charge in [-0.1, -0.05) is 6.07 Å². The van der Waals surface area contributed by atoms with Gasteiger partial charge in [-0.05, 0) is 31.5 Å². The van der Waals surface area contributed by atoms with Crippen LogP contribution < -0.4 is 20.5 Å². The number of carbonyl (C=O) groups is 1. The van der Waals surface area contributed by atoms with E-state index in [0.29, 0.717) is 18.0 Å². The summed E-state index contributed by atoms with van der Waals surface area (Å²) < 4.78 is 10.3. The summed E-state index contributed by atoms with van der Waals surface area (Å²) in [4.78, 5) is 11.8. The Labute approximate surface area is 114 Å². The lowest BCUT2D eigenvalue weighted by Gasteiger charge is -2.19. The Morgan fingerprint density at radius 3 is 2.42 bits per heavy atom. The minimum Gasteiger partial charge on any atom is -0.493 e. The minimum absolute atomic E-state index is 0.0641. The van der Waals surface area contributed by atoms with Crippen molar-refractivity contribution in [1.29, 1.82) is 0 Å². The molecule has 0 heterocycles. The number of hydrogen-bond donors (Lipinski definition) is 2. The zero-order valence-corrected chi connectivity index (χ0v) is 11.9. The molecule has 5 heteroatoms. The summed E-state index contributed by atoms with van der Waals surface area (Å²) in [5, 5.41) is 2.80. The molecule has 0 aliphatic rings. The molecule has 1 rings (SSSR count). The topological polar surface area (TPSA) is 73.6 Å². The van der Waals surface area contributed by atoms with Gasteiger partial charge in [-0.25, -0.2) is 0 Å². The second-order valence-electron chi connectivity index (χ2n) is 5.13. The standard InChI is InChI=1S/C14H22N2O3/c1-14(2,15)9-16-13(17)8-10-5-6-11(18-3)12(7-10)19-4/h5-7H,8-9,15H2,1-4H3,(H,16,17). The molecule has 0 aliphatic carbocycles. The van der Waals surface area contributed by atoms with Gasteiger partial charge in [0.25, 0.3) is 0 Å². The summed E-state index contributed by atoms with van der Waals surface area (Å²) >= 11 is 0. The summed E-state index contributed by atoms with van der Waals surface area (Å²) in [6.45, 7) is 4.17. The lowest BCUT2D eigenvalue weighted by Crippen LogP contribution is -2.45. The molecule has 0 aromatic heterocycles. The van der Waals surface area contributed by atoms with Crippen LogP contribution in [0.4, 0.5) is 0 Å². The number of benzene rings is 1. The largest absolute Gasteiger partial charge is 0.493 e. The van der Waals surface area contributed by atoms with Crippen LogP contribution in [-0.2, 0) is 11.2 Å². The van der Waals surface area contributed by atoms with E-state index in [1.165, 1.54) is 0 Å². The Balaban J connectivity index is 2.64. The molecule has 0 unspecified atom stereocenters. The molecule has 0 saturated carbocycles. The van der Waals surface area contributed by atoms with Crippen molar-refractivity contribution in [2.75, 3.05) is 20.8 Å². The summed E-state index contributed by atoms with van der Waals surface area (Å²) in [5.41, 5.74) is 6.27. The molecule has 19 heavy (non-hydrogen) atoms. The van der Waals surface area contributed by atoms with Crippen LogP contribution >= 0.6 is 0 Å². The maximum atomic E-state index is 11.8. The smallest absolute Gasteiger partial charge is 0.224 e. The maximum Gasteiger partial charge on any atom is 0.224 e. The van der Waals surface area contributed by atoms with Gasteiger partial charge in [-0.2, -0.15) is 0 Å². The fourth-order valence-electron chi connectivity index (χ4n) is 1.56. The van der Waals surface area contributed by atoms with Crippen molar-refractivity contribution in [2.45, 2.75) is 25.8 Å². The van der Waals surface area contributed by atoms with Gasteiger partial charge in [-0.15, -0.1) is 0 Å². The van der Waals surface area contributed by atoms with E-state index in [1.54, 1.807) is 26.4 Å². The summed E-state index contributed by atoms with van der Waals surface area (Å²) in [7, 11) is 3.15. The van der Waals surface area contributed by atoms with Gasteiger partial charge in [0.1, 0.15) is 0 Å². The Morgan fingerprint density at radius 2 is 1.89 bits per heavy atom. The van der Waals surface area contributed by atoms with Crippen LogP contribution in [0.1, 0.15) is 19.4 Å². The molecule has 0 aliphatic heterocycles. The SMILES string of the molecule is COc1ccc(CC(=O)NCC(C)(C)N)cc1OC. The first-order valence-corrected chi connectivity index (χ1v) is 6.12. The van der Waals surface area contributed by atoms with Crippen molar-refractivity contribution >= 4 is 5.91 Å². The third-order valence-corrected chi connectivity index (χ3v) is 2.55. The van der Waals surface area contributed by atoms with Gasteiger partial charge in [0.05, 0.1) is 20.6 Å². The first-order valence-electron chi connectivity index (χ1n) is 6.12. The number of carbonyl (C=O) groups excluding carboxylic acids is 1. The van der Waals surface area contributed by atoms with Gasteiger partial charge in [0, 0.05) is 12.1 Å². The Hall–Kier alpha value is -1.75. The highest BCUT2D eigenvalue weighted by atomic mass is 16.5. The Morgan fingerprint density at radius 1 is 1.26 bits per heavy atom. The number of nitrogens with one attached hydrogen (secondary N) is 1. The zero-order valence-electron chi connectivity index (χ0n) is 11.9. The van der Waals surface area contributed by atoms with E-state index >= 15 is 0 Å². The van der Waals surface area contributed by atoms with E-state index in [1.807, 2.05) is 19.9 Å². The van der Waals surface area contributed by atoms with E-state index in [4.69, 9.17) is 15.2 Å². The number of rotatable bonds is 6. The van der Waals surface area contributed by atoms with Crippen LogP contribution in [0.5, 0.6) is 11.5 Å². The van der Waals surface area contributed by atoms with Crippen LogP contribution in [0, 0.1) is 0 Å². The number of methoxy groups -OCH3 is 2. The number of nitrogens with two attached hydrogens (primary N) is 1. The van der Waals surface area contributed by atoms with Crippen molar-refractivity contribution in [3.8, 4) is 11.5 Å². The first-order chi connectivity index (χ1) is 8.85. The number of hydrogen-bond acceptors (Lipinski definition) is 4. The Bertz CT molecular complexity index is 439. The van der Waals surface area contributed by atoms with Crippen LogP contribution in [0.25, 0.3) is 0 Å². The third-order valence-electron chi connectivity index (χ3n) is 2.55. The molecule has 5 nitrogen and oxygen atoms in total. The normalized spacial score (nSPS) is 11.0. The summed E-state index contributed by atoms with van der Waals surface area (Å²) in [5.74, 6) is 1.20. The van der Waals surface area contributed by atoms with E-state index in [0.717, 1.165) is 5.56 Å². The Kier molecular flexibility index (Phi) is 5.18. The molecule has 0 fully saturated rings. The quantitative estimate of drug-likeness (QED) is 0.808. The van der Waals surface area contributed by atoms with Crippen LogP contribution in [0.2, 0.25) is 0 Å². The molecule has 1 aromatic rings. The molecule has 0 atom stereocenters. The lowest BCUT2D eigenvalue weighted by atomic mass is 10.1. The average molecular weight is 266 g/mol. The van der Waals surface area contributed by atoms with Crippen molar-refractivity contribution in [1.82, 2.24) is 5.32 Å². The van der Waals surface area contributed by atoms with E-state index in [9.17, 15) is 4.79 Å². The molecule has 1 amide bonds.